The van der Waals surface area contributed by atoms with E-state index in [4.69, 9.17) is 21.1 Å². The zero-order chi connectivity index (χ0) is 23.1. The lowest BCUT2D eigenvalue weighted by Gasteiger charge is -2.26. The molecule has 0 radical (unpaired) electrons. The van der Waals surface area contributed by atoms with Crippen molar-refractivity contribution in [3.05, 3.63) is 77.7 Å². The first-order chi connectivity index (χ1) is 15.2. The predicted molar refractivity (Wildman–Crippen MR) is 126 cm³/mol. The van der Waals surface area contributed by atoms with Crippen LogP contribution in [0.3, 0.4) is 0 Å². The molecule has 1 heterocycles. The van der Waals surface area contributed by atoms with Crippen LogP contribution in [0.15, 0.2) is 66.9 Å². The second-order valence-corrected chi connectivity index (χ2v) is 8.78. The van der Waals surface area contributed by atoms with E-state index in [1.54, 1.807) is 24.2 Å². The maximum atomic E-state index is 12.3. The summed E-state index contributed by atoms with van der Waals surface area (Å²) in [4.78, 5) is 22.0. The maximum absolute atomic E-state index is 12.3. The van der Waals surface area contributed by atoms with Crippen molar-refractivity contribution in [3.63, 3.8) is 0 Å². The Morgan fingerprint density at radius 3 is 2.38 bits per heavy atom. The summed E-state index contributed by atoms with van der Waals surface area (Å²) < 4.78 is 11.8. The Morgan fingerprint density at radius 2 is 1.75 bits per heavy atom. The highest BCUT2D eigenvalue weighted by Crippen LogP contribution is 2.27. The molecule has 0 aliphatic heterocycles. The van der Waals surface area contributed by atoms with Crippen LogP contribution in [0.2, 0.25) is 5.28 Å². The van der Waals surface area contributed by atoms with Crippen LogP contribution in [0.4, 0.5) is 4.79 Å². The van der Waals surface area contributed by atoms with Crippen molar-refractivity contribution in [3.8, 4) is 17.0 Å². The first-order valence-corrected chi connectivity index (χ1v) is 10.8. The number of hydrogen-bond donors (Lipinski definition) is 0. The number of halogens is 1. The van der Waals surface area contributed by atoms with E-state index in [0.717, 1.165) is 22.6 Å². The van der Waals surface area contributed by atoms with Crippen LogP contribution in [0.1, 0.15) is 38.9 Å². The van der Waals surface area contributed by atoms with Crippen LogP contribution < -0.4 is 4.74 Å². The number of benzene rings is 2. The summed E-state index contributed by atoms with van der Waals surface area (Å²) in [6.45, 7) is 6.06. The molecule has 0 saturated carbocycles. The van der Waals surface area contributed by atoms with Crippen molar-refractivity contribution < 1.29 is 14.3 Å². The fourth-order valence-electron chi connectivity index (χ4n) is 3.07. The normalized spacial score (nSPS) is 12.2. The third-order valence-electron chi connectivity index (χ3n) is 4.66. The summed E-state index contributed by atoms with van der Waals surface area (Å²) in [5, 5.41) is 0.209. The van der Waals surface area contributed by atoms with Gasteiger partial charge in [0, 0.05) is 31.8 Å². The van der Waals surface area contributed by atoms with Gasteiger partial charge >= 0.3 is 6.09 Å². The number of ether oxygens (including phenoxy) is 2. The fraction of sp³-hybridized carbons (Fsp3) is 0.320. The summed E-state index contributed by atoms with van der Waals surface area (Å²) in [6, 6.07) is 19.4. The van der Waals surface area contributed by atoms with Crippen molar-refractivity contribution >= 4 is 17.7 Å². The molecule has 32 heavy (non-hydrogen) atoms. The van der Waals surface area contributed by atoms with E-state index >= 15 is 0 Å². The van der Waals surface area contributed by atoms with Crippen LogP contribution in [0, 0.1) is 0 Å². The van der Waals surface area contributed by atoms with Gasteiger partial charge < -0.3 is 14.4 Å². The average molecular weight is 454 g/mol. The van der Waals surface area contributed by atoms with Crippen LogP contribution in [-0.2, 0) is 4.74 Å². The molecule has 0 bridgehead atoms. The number of carbonyl (C=O) groups is 1. The number of hydrogen-bond acceptors (Lipinski definition) is 5. The lowest BCUT2D eigenvalue weighted by atomic mass is 10.1. The standard InChI is InChI=1S/C25H28ClN3O3/c1-25(2,3)32-24(30)29(4)17-15-22(19-8-6-5-7-9-19)31-20-12-10-18(11-13-20)21-14-16-27-23(26)28-21/h5-14,16,22H,15,17H2,1-4H3/t22-/m1/s1. The minimum Gasteiger partial charge on any atom is -0.486 e. The van der Waals surface area contributed by atoms with Gasteiger partial charge in [0.15, 0.2) is 0 Å². The molecule has 0 fully saturated rings. The van der Waals surface area contributed by atoms with Crippen LogP contribution in [0.25, 0.3) is 11.3 Å². The Bertz CT molecular complexity index is 1020. The molecule has 0 aliphatic rings. The van der Waals surface area contributed by atoms with E-state index in [9.17, 15) is 4.79 Å². The van der Waals surface area contributed by atoms with Crippen LogP contribution in [0.5, 0.6) is 5.75 Å². The van der Waals surface area contributed by atoms with Gasteiger partial charge in [-0.2, -0.15) is 0 Å². The zero-order valence-electron chi connectivity index (χ0n) is 18.8. The van der Waals surface area contributed by atoms with Crippen molar-refractivity contribution in [2.45, 2.75) is 38.9 Å². The quantitative estimate of drug-likeness (QED) is 0.400. The maximum Gasteiger partial charge on any atom is 0.410 e. The van der Waals surface area contributed by atoms with Gasteiger partial charge in [0.25, 0.3) is 0 Å². The molecule has 0 saturated heterocycles. The number of carbonyl (C=O) groups excluding carboxylic acids is 1. The molecular weight excluding hydrogens is 426 g/mol. The third-order valence-corrected chi connectivity index (χ3v) is 4.84. The topological polar surface area (TPSA) is 64.5 Å². The number of amides is 1. The highest BCUT2D eigenvalue weighted by molar-refractivity contribution is 6.28. The van der Waals surface area contributed by atoms with Crippen molar-refractivity contribution in [1.82, 2.24) is 14.9 Å². The van der Waals surface area contributed by atoms with E-state index < -0.39 is 5.60 Å². The molecule has 2 aromatic carbocycles. The van der Waals surface area contributed by atoms with Crippen molar-refractivity contribution in [2.75, 3.05) is 13.6 Å². The number of aromatic nitrogens is 2. The molecule has 6 nitrogen and oxygen atoms in total. The van der Waals surface area contributed by atoms with Gasteiger partial charge in [0.2, 0.25) is 5.28 Å². The lowest BCUT2D eigenvalue weighted by Crippen LogP contribution is -2.35. The first kappa shape index (κ1) is 23.5. The minimum atomic E-state index is -0.531. The predicted octanol–water partition coefficient (Wildman–Crippen LogP) is 6.17. The smallest absolute Gasteiger partial charge is 0.410 e. The van der Waals surface area contributed by atoms with E-state index in [1.165, 1.54) is 0 Å². The summed E-state index contributed by atoms with van der Waals surface area (Å²) in [6.07, 6.45) is 1.67. The molecule has 0 spiro atoms. The van der Waals surface area contributed by atoms with Gasteiger partial charge in [-0.05, 0) is 68.3 Å². The van der Waals surface area contributed by atoms with Crippen LogP contribution in [-0.4, -0.2) is 40.2 Å². The SMILES string of the molecule is CN(CC[C@@H](Oc1ccc(-c2ccnc(Cl)n2)cc1)c1ccccc1)C(=O)OC(C)(C)C. The third kappa shape index (κ3) is 6.95. The molecule has 3 rings (SSSR count). The highest BCUT2D eigenvalue weighted by atomic mass is 35.5. The second-order valence-electron chi connectivity index (χ2n) is 8.44. The summed E-state index contributed by atoms with van der Waals surface area (Å²) in [7, 11) is 1.73. The van der Waals surface area contributed by atoms with Gasteiger partial charge in [0.1, 0.15) is 17.5 Å². The molecule has 7 heteroatoms. The molecule has 1 atom stereocenters. The Balaban J connectivity index is 1.70. The van der Waals surface area contributed by atoms with Gasteiger partial charge in [-0.1, -0.05) is 30.3 Å². The van der Waals surface area contributed by atoms with Gasteiger partial charge in [-0.3, -0.25) is 0 Å². The van der Waals surface area contributed by atoms with E-state index in [0.29, 0.717) is 13.0 Å². The van der Waals surface area contributed by atoms with Crippen LogP contribution >= 0.6 is 11.6 Å². The van der Waals surface area contributed by atoms with Gasteiger partial charge in [-0.25, -0.2) is 14.8 Å². The molecular formula is C25H28ClN3O3. The summed E-state index contributed by atoms with van der Waals surface area (Å²) in [5.41, 5.74) is 2.17. The Kier molecular flexibility index (Phi) is 7.70. The van der Waals surface area contributed by atoms with E-state index in [2.05, 4.69) is 9.97 Å². The van der Waals surface area contributed by atoms with E-state index in [1.807, 2.05) is 75.4 Å². The summed E-state index contributed by atoms with van der Waals surface area (Å²) >= 11 is 5.90. The first-order valence-electron chi connectivity index (χ1n) is 10.5. The minimum absolute atomic E-state index is 0.209. The Hall–Kier alpha value is -3.12. The average Bonchev–Trinajstić information content (AvgIpc) is 2.76. The molecule has 168 valence electrons. The Labute approximate surface area is 194 Å². The monoisotopic (exact) mass is 453 g/mol. The van der Waals surface area contributed by atoms with Crippen molar-refractivity contribution in [2.24, 2.45) is 0 Å². The molecule has 3 aromatic rings. The van der Waals surface area contributed by atoms with Gasteiger partial charge in [0.05, 0.1) is 5.69 Å². The zero-order valence-corrected chi connectivity index (χ0v) is 19.5. The molecule has 1 aromatic heterocycles. The lowest BCUT2D eigenvalue weighted by molar-refractivity contribution is 0.0278. The largest absolute Gasteiger partial charge is 0.486 e. The number of rotatable bonds is 7. The highest BCUT2D eigenvalue weighted by Gasteiger charge is 2.21. The molecule has 1 amide bonds. The van der Waals surface area contributed by atoms with Crippen molar-refractivity contribution in [1.29, 1.82) is 0 Å². The number of nitrogens with zero attached hydrogens (tertiary/aromatic N) is 3. The molecule has 0 unspecified atom stereocenters. The second kappa shape index (κ2) is 10.5. The molecule has 0 aliphatic carbocycles. The fourth-order valence-corrected chi connectivity index (χ4v) is 3.21. The van der Waals surface area contributed by atoms with E-state index in [-0.39, 0.29) is 17.5 Å². The Morgan fingerprint density at radius 1 is 1.06 bits per heavy atom. The molecule has 0 N–H and O–H groups in total. The van der Waals surface area contributed by atoms with Gasteiger partial charge in [-0.15, -0.1) is 0 Å². The summed E-state index contributed by atoms with van der Waals surface area (Å²) in [5.74, 6) is 0.725.